The van der Waals surface area contributed by atoms with Crippen LogP contribution in [0.2, 0.25) is 0 Å². The number of anilines is 1. The molecule has 1 saturated carbocycles. The van der Waals surface area contributed by atoms with Crippen LogP contribution in [0, 0.1) is 0 Å². The smallest absolute Gasteiger partial charge is 0.270 e. The number of carbonyl (C=O) groups is 2. The van der Waals surface area contributed by atoms with Gasteiger partial charge < -0.3 is 20.5 Å². The highest BCUT2D eigenvalue weighted by atomic mass is 16.2. The van der Waals surface area contributed by atoms with Gasteiger partial charge in [-0.05, 0) is 25.3 Å². The van der Waals surface area contributed by atoms with Crippen molar-refractivity contribution in [2.24, 2.45) is 0 Å². The summed E-state index contributed by atoms with van der Waals surface area (Å²) in [6.45, 7) is 2.68. The van der Waals surface area contributed by atoms with Crippen LogP contribution in [0.5, 0.6) is 0 Å². The first-order valence-corrected chi connectivity index (χ1v) is 7.02. The molecule has 0 unspecified atom stereocenters. The number of aromatic nitrogens is 1. The molecule has 0 radical (unpaired) electrons. The highest BCUT2D eigenvalue weighted by Gasteiger charge is 2.29. The largest absolute Gasteiger partial charge is 0.397 e. The summed E-state index contributed by atoms with van der Waals surface area (Å²) in [5.41, 5.74) is 6.93. The third-order valence-corrected chi connectivity index (χ3v) is 3.33. The van der Waals surface area contributed by atoms with Gasteiger partial charge in [0, 0.05) is 25.8 Å². The molecule has 0 saturated heterocycles. The Labute approximate surface area is 118 Å². The summed E-state index contributed by atoms with van der Waals surface area (Å²) in [4.78, 5) is 25.5. The Morgan fingerprint density at radius 1 is 1.50 bits per heavy atom. The summed E-state index contributed by atoms with van der Waals surface area (Å²) in [7, 11) is 1.63. The minimum atomic E-state index is -0.166. The zero-order valence-corrected chi connectivity index (χ0v) is 12.1. The van der Waals surface area contributed by atoms with Crippen molar-refractivity contribution in [2.75, 3.05) is 25.9 Å². The molecule has 1 aromatic rings. The Bertz CT molecular complexity index is 505. The summed E-state index contributed by atoms with van der Waals surface area (Å²) in [6, 6.07) is 2.06. The number of amides is 2. The van der Waals surface area contributed by atoms with E-state index in [-0.39, 0.29) is 18.4 Å². The molecular weight excluding hydrogens is 256 g/mol. The molecule has 1 aliphatic rings. The van der Waals surface area contributed by atoms with Gasteiger partial charge in [0.1, 0.15) is 5.69 Å². The standard InChI is InChI=1S/C14H22N4O2/c1-3-6-16-13(19)9-17(2)14(20)12-7-10(15)8-18(12)11-4-5-11/h7-8,11H,3-6,9,15H2,1-2H3,(H,16,19). The van der Waals surface area contributed by atoms with Gasteiger partial charge in [0.15, 0.2) is 0 Å². The van der Waals surface area contributed by atoms with Gasteiger partial charge in [0.2, 0.25) is 5.91 Å². The zero-order valence-electron chi connectivity index (χ0n) is 12.1. The average Bonchev–Trinajstić information content (AvgIpc) is 3.18. The molecule has 1 aliphatic carbocycles. The number of hydrogen-bond donors (Lipinski definition) is 2. The first kappa shape index (κ1) is 14.4. The number of hydrogen-bond acceptors (Lipinski definition) is 3. The molecule has 0 spiro atoms. The number of nitrogens with two attached hydrogens (primary N) is 1. The number of carbonyl (C=O) groups excluding carboxylic acids is 2. The fourth-order valence-electron chi connectivity index (χ4n) is 2.13. The van der Waals surface area contributed by atoms with Crippen LogP contribution >= 0.6 is 0 Å². The quantitative estimate of drug-likeness (QED) is 0.814. The maximum absolute atomic E-state index is 12.4. The molecule has 0 bridgehead atoms. The van der Waals surface area contributed by atoms with Crippen molar-refractivity contribution in [3.05, 3.63) is 18.0 Å². The van der Waals surface area contributed by atoms with Crippen molar-refractivity contribution in [2.45, 2.75) is 32.2 Å². The lowest BCUT2D eigenvalue weighted by Gasteiger charge is -2.17. The van der Waals surface area contributed by atoms with E-state index in [1.165, 1.54) is 4.90 Å². The van der Waals surface area contributed by atoms with Crippen molar-refractivity contribution >= 4 is 17.5 Å². The third-order valence-electron chi connectivity index (χ3n) is 3.33. The molecule has 0 atom stereocenters. The van der Waals surface area contributed by atoms with Gasteiger partial charge in [-0.25, -0.2) is 0 Å². The van der Waals surface area contributed by atoms with Crippen LogP contribution in [0.1, 0.15) is 42.7 Å². The average molecular weight is 278 g/mol. The molecule has 3 N–H and O–H groups in total. The number of nitrogen functional groups attached to an aromatic ring is 1. The number of nitrogens with one attached hydrogen (secondary N) is 1. The van der Waals surface area contributed by atoms with E-state index in [0.717, 1.165) is 19.3 Å². The van der Waals surface area contributed by atoms with E-state index >= 15 is 0 Å². The molecule has 110 valence electrons. The summed E-state index contributed by atoms with van der Waals surface area (Å²) < 4.78 is 1.93. The molecule has 1 aromatic heterocycles. The van der Waals surface area contributed by atoms with Crippen LogP contribution < -0.4 is 11.1 Å². The predicted octanol–water partition coefficient (Wildman–Crippen LogP) is 1.00. The third kappa shape index (κ3) is 3.31. The van der Waals surface area contributed by atoms with Gasteiger partial charge in [-0.2, -0.15) is 0 Å². The molecule has 0 aliphatic heterocycles. The van der Waals surface area contributed by atoms with Gasteiger partial charge in [0.25, 0.3) is 5.91 Å². The summed E-state index contributed by atoms with van der Waals surface area (Å²) in [5, 5.41) is 2.76. The Morgan fingerprint density at radius 3 is 2.80 bits per heavy atom. The summed E-state index contributed by atoms with van der Waals surface area (Å²) in [5.74, 6) is -0.305. The van der Waals surface area contributed by atoms with Crippen molar-refractivity contribution in [3.8, 4) is 0 Å². The first-order valence-electron chi connectivity index (χ1n) is 7.02. The fourth-order valence-corrected chi connectivity index (χ4v) is 2.13. The summed E-state index contributed by atoms with van der Waals surface area (Å²) in [6.07, 6.45) is 4.84. The van der Waals surface area contributed by atoms with E-state index in [9.17, 15) is 9.59 Å². The monoisotopic (exact) mass is 278 g/mol. The maximum atomic E-state index is 12.4. The minimum Gasteiger partial charge on any atom is -0.397 e. The molecule has 20 heavy (non-hydrogen) atoms. The molecule has 0 aromatic carbocycles. The van der Waals surface area contributed by atoms with Crippen LogP contribution in [0.25, 0.3) is 0 Å². The molecule has 6 heteroatoms. The second kappa shape index (κ2) is 5.98. The highest BCUT2D eigenvalue weighted by molar-refractivity contribution is 5.96. The van der Waals surface area contributed by atoms with Crippen LogP contribution in [0.4, 0.5) is 5.69 Å². The molecular formula is C14H22N4O2. The first-order chi connectivity index (χ1) is 9.52. The van der Waals surface area contributed by atoms with E-state index in [4.69, 9.17) is 5.73 Å². The minimum absolute atomic E-state index is 0.0641. The van der Waals surface area contributed by atoms with Crippen LogP contribution in [-0.2, 0) is 4.79 Å². The highest BCUT2D eigenvalue weighted by Crippen LogP contribution is 2.37. The second-order valence-electron chi connectivity index (χ2n) is 5.31. The lowest BCUT2D eigenvalue weighted by Crippen LogP contribution is -2.39. The van der Waals surface area contributed by atoms with E-state index in [2.05, 4.69) is 5.32 Å². The summed E-state index contributed by atoms with van der Waals surface area (Å²) >= 11 is 0. The Kier molecular flexibility index (Phi) is 4.32. The topological polar surface area (TPSA) is 80.4 Å². The Hall–Kier alpha value is -1.98. The normalized spacial score (nSPS) is 14.1. The van der Waals surface area contributed by atoms with Gasteiger partial charge in [-0.15, -0.1) is 0 Å². The van der Waals surface area contributed by atoms with E-state index in [1.807, 2.05) is 11.5 Å². The SMILES string of the molecule is CCCNC(=O)CN(C)C(=O)c1cc(N)cn1C1CC1. The molecule has 2 rings (SSSR count). The van der Waals surface area contributed by atoms with Gasteiger partial charge in [-0.3, -0.25) is 9.59 Å². The van der Waals surface area contributed by atoms with Crippen LogP contribution in [0.15, 0.2) is 12.3 Å². The van der Waals surface area contributed by atoms with E-state index in [1.54, 1.807) is 19.3 Å². The van der Waals surface area contributed by atoms with Crippen molar-refractivity contribution < 1.29 is 9.59 Å². The number of likely N-dealkylation sites (N-methyl/N-ethyl adjacent to an activating group) is 1. The van der Waals surface area contributed by atoms with Crippen LogP contribution in [0.3, 0.4) is 0 Å². The van der Waals surface area contributed by atoms with Gasteiger partial charge in [-0.1, -0.05) is 6.92 Å². The number of rotatable bonds is 6. The van der Waals surface area contributed by atoms with Crippen molar-refractivity contribution in [3.63, 3.8) is 0 Å². The van der Waals surface area contributed by atoms with Crippen LogP contribution in [-0.4, -0.2) is 41.4 Å². The maximum Gasteiger partial charge on any atom is 0.270 e. The Morgan fingerprint density at radius 2 is 2.20 bits per heavy atom. The molecule has 1 heterocycles. The van der Waals surface area contributed by atoms with Gasteiger partial charge in [0.05, 0.1) is 12.2 Å². The molecule has 6 nitrogen and oxygen atoms in total. The van der Waals surface area contributed by atoms with Crippen molar-refractivity contribution in [1.82, 2.24) is 14.8 Å². The lowest BCUT2D eigenvalue weighted by atomic mass is 10.3. The second-order valence-corrected chi connectivity index (χ2v) is 5.31. The van der Waals surface area contributed by atoms with E-state index < -0.39 is 0 Å². The van der Waals surface area contributed by atoms with E-state index in [0.29, 0.717) is 24.0 Å². The molecule has 1 fully saturated rings. The fraction of sp³-hybridized carbons (Fsp3) is 0.571. The van der Waals surface area contributed by atoms with Gasteiger partial charge >= 0.3 is 0 Å². The number of nitrogens with zero attached hydrogens (tertiary/aromatic N) is 2. The lowest BCUT2D eigenvalue weighted by molar-refractivity contribution is -0.121. The van der Waals surface area contributed by atoms with Crippen molar-refractivity contribution in [1.29, 1.82) is 0 Å². The zero-order chi connectivity index (χ0) is 14.7. The Balaban J connectivity index is 2.01. The molecule has 2 amide bonds. The predicted molar refractivity (Wildman–Crippen MR) is 77.4 cm³/mol.